The van der Waals surface area contributed by atoms with Gasteiger partial charge in [-0.05, 0) is 37.6 Å². The number of fused-ring (bicyclic) bond motifs is 1. The minimum absolute atomic E-state index is 0.0791. The van der Waals surface area contributed by atoms with E-state index in [1.54, 1.807) is 37.3 Å². The number of nitrogens with zero attached hydrogens (tertiary/aromatic N) is 3. The first-order valence-electron chi connectivity index (χ1n) is 10.6. The van der Waals surface area contributed by atoms with E-state index in [9.17, 15) is 18.0 Å². The van der Waals surface area contributed by atoms with Crippen LogP contribution in [0.2, 0.25) is 5.02 Å². The van der Waals surface area contributed by atoms with Crippen LogP contribution >= 0.6 is 11.6 Å². The second-order valence-electron chi connectivity index (χ2n) is 7.94. The Morgan fingerprint density at radius 1 is 1.14 bits per heavy atom. The van der Waals surface area contributed by atoms with Gasteiger partial charge < -0.3 is 14.0 Å². The fourth-order valence-electron chi connectivity index (χ4n) is 3.76. The van der Waals surface area contributed by atoms with Crippen LogP contribution in [0.5, 0.6) is 5.75 Å². The van der Waals surface area contributed by atoms with Crippen molar-refractivity contribution in [3.63, 3.8) is 0 Å². The lowest BCUT2D eigenvalue weighted by Gasteiger charge is -2.13. The van der Waals surface area contributed by atoms with Crippen molar-refractivity contribution in [3.05, 3.63) is 87.5 Å². The normalized spacial score (nSPS) is 11.6. The number of carbonyl (C=O) groups excluding carboxylic acids is 1. The number of halogens is 4. The first-order chi connectivity index (χ1) is 16.6. The van der Waals surface area contributed by atoms with Gasteiger partial charge in [0.25, 0.3) is 0 Å². The van der Waals surface area contributed by atoms with Gasteiger partial charge in [0.2, 0.25) is 0 Å². The summed E-state index contributed by atoms with van der Waals surface area (Å²) < 4.78 is 51.6. The first-order valence-corrected chi connectivity index (χ1v) is 10.9. The highest BCUT2D eigenvalue weighted by atomic mass is 35.5. The van der Waals surface area contributed by atoms with Crippen LogP contribution in [0.15, 0.2) is 48.7 Å². The predicted octanol–water partition coefficient (Wildman–Crippen LogP) is 6.13. The molecule has 10 heteroatoms. The summed E-state index contributed by atoms with van der Waals surface area (Å²) >= 11 is 6.13. The zero-order valence-electron chi connectivity index (χ0n) is 19.1. The predicted molar refractivity (Wildman–Crippen MR) is 125 cm³/mol. The number of alkyl halides is 3. The van der Waals surface area contributed by atoms with E-state index in [0.29, 0.717) is 22.7 Å². The molecule has 6 nitrogen and oxygen atoms in total. The number of esters is 1. The molecule has 0 saturated carbocycles. The Bertz CT molecular complexity index is 1420. The molecule has 0 N–H and O–H groups in total. The van der Waals surface area contributed by atoms with Gasteiger partial charge in [-0.2, -0.15) is 13.2 Å². The molecule has 0 unspecified atom stereocenters. The molecule has 0 aliphatic rings. The number of hydrogen-bond acceptors (Lipinski definition) is 5. The molecular weight excluding hydrogens is 483 g/mol. The van der Waals surface area contributed by atoms with Crippen molar-refractivity contribution >= 4 is 28.6 Å². The Balaban J connectivity index is 1.65. The number of ether oxygens (including phenoxy) is 2. The lowest BCUT2D eigenvalue weighted by Crippen LogP contribution is -2.09. The van der Waals surface area contributed by atoms with Crippen LogP contribution < -0.4 is 4.74 Å². The number of aromatic nitrogens is 3. The number of aryl methyl sites for hydroxylation is 2. The molecule has 4 rings (SSSR count). The number of pyridine rings is 1. The molecule has 182 valence electrons. The zero-order valence-corrected chi connectivity index (χ0v) is 19.9. The maximum Gasteiger partial charge on any atom is 0.417 e. The van der Waals surface area contributed by atoms with Crippen molar-refractivity contribution in [1.29, 1.82) is 0 Å². The number of rotatable bonds is 6. The second kappa shape index (κ2) is 9.58. The highest BCUT2D eigenvalue weighted by Gasteiger charge is 2.31. The lowest BCUT2D eigenvalue weighted by molar-refractivity contribution is -0.137. The number of benzene rings is 2. The largest absolute Gasteiger partial charge is 0.489 e. The standard InChI is InChI=1S/C25H21ClF3N3O3/c1-14-8-18(35-13-16-6-4-5-7-19(16)24(33)34-3)10-22-23(14)31-15(2)32(22)12-21-20(26)9-17(11-30-21)25(27,28)29/h4-11H,12-13H2,1-3H3. The van der Waals surface area contributed by atoms with Crippen LogP contribution in [-0.2, 0) is 24.1 Å². The Kier molecular flexibility index (Phi) is 6.71. The van der Waals surface area contributed by atoms with Gasteiger partial charge in [0.15, 0.2) is 0 Å². The number of methoxy groups -OCH3 is 1. The van der Waals surface area contributed by atoms with Gasteiger partial charge in [0, 0.05) is 17.8 Å². The summed E-state index contributed by atoms with van der Waals surface area (Å²) in [4.78, 5) is 20.6. The van der Waals surface area contributed by atoms with E-state index in [-0.39, 0.29) is 23.9 Å². The third-order valence-corrected chi connectivity index (χ3v) is 5.91. The third kappa shape index (κ3) is 5.09. The van der Waals surface area contributed by atoms with Crippen LogP contribution in [0.3, 0.4) is 0 Å². The molecule has 0 saturated heterocycles. The summed E-state index contributed by atoms with van der Waals surface area (Å²) in [6, 6.07) is 11.5. The molecule has 4 aromatic rings. The number of carbonyl (C=O) groups is 1. The number of hydrogen-bond donors (Lipinski definition) is 0. The van der Waals surface area contributed by atoms with E-state index >= 15 is 0 Å². The Labute approximate surface area is 204 Å². The summed E-state index contributed by atoms with van der Waals surface area (Å²) in [5, 5.41) is -0.0791. The highest BCUT2D eigenvalue weighted by molar-refractivity contribution is 6.31. The zero-order chi connectivity index (χ0) is 25.3. The van der Waals surface area contributed by atoms with E-state index < -0.39 is 17.7 Å². The van der Waals surface area contributed by atoms with Crippen molar-refractivity contribution < 1.29 is 27.4 Å². The Morgan fingerprint density at radius 3 is 2.57 bits per heavy atom. The van der Waals surface area contributed by atoms with Gasteiger partial charge >= 0.3 is 12.1 Å². The average molecular weight is 504 g/mol. The minimum Gasteiger partial charge on any atom is -0.489 e. The Hall–Kier alpha value is -3.59. The van der Waals surface area contributed by atoms with Gasteiger partial charge in [-0.1, -0.05) is 29.8 Å². The first kappa shape index (κ1) is 24.5. The van der Waals surface area contributed by atoms with Gasteiger partial charge in [0.05, 0.1) is 46.5 Å². The van der Waals surface area contributed by atoms with Crippen molar-refractivity contribution in [2.45, 2.75) is 33.2 Å². The molecule has 0 fully saturated rings. The minimum atomic E-state index is -4.53. The molecular formula is C25H21ClF3N3O3. The number of imidazole rings is 1. The van der Waals surface area contributed by atoms with Crippen LogP contribution in [0.1, 0.15) is 38.6 Å². The van der Waals surface area contributed by atoms with Crippen molar-refractivity contribution in [1.82, 2.24) is 14.5 Å². The van der Waals surface area contributed by atoms with Gasteiger partial charge in [0.1, 0.15) is 18.2 Å². The molecule has 0 radical (unpaired) electrons. The van der Waals surface area contributed by atoms with Crippen LogP contribution in [0.4, 0.5) is 13.2 Å². The van der Waals surface area contributed by atoms with Gasteiger partial charge in [-0.3, -0.25) is 4.98 Å². The molecule has 35 heavy (non-hydrogen) atoms. The molecule has 0 spiro atoms. The summed E-state index contributed by atoms with van der Waals surface area (Å²) in [6.07, 6.45) is -3.75. The smallest absolute Gasteiger partial charge is 0.417 e. The second-order valence-corrected chi connectivity index (χ2v) is 8.35. The van der Waals surface area contributed by atoms with Crippen molar-refractivity contribution in [2.24, 2.45) is 0 Å². The molecule has 0 amide bonds. The quantitative estimate of drug-likeness (QED) is 0.296. The van der Waals surface area contributed by atoms with E-state index in [1.807, 2.05) is 17.6 Å². The fourth-order valence-corrected chi connectivity index (χ4v) is 3.99. The lowest BCUT2D eigenvalue weighted by atomic mass is 10.1. The van der Waals surface area contributed by atoms with Crippen LogP contribution in [0, 0.1) is 13.8 Å². The van der Waals surface area contributed by atoms with Gasteiger partial charge in [-0.25, -0.2) is 9.78 Å². The van der Waals surface area contributed by atoms with Crippen molar-refractivity contribution in [2.75, 3.05) is 7.11 Å². The summed E-state index contributed by atoms with van der Waals surface area (Å²) in [7, 11) is 1.32. The van der Waals surface area contributed by atoms with Crippen LogP contribution in [-0.4, -0.2) is 27.6 Å². The van der Waals surface area contributed by atoms with E-state index in [0.717, 1.165) is 28.9 Å². The SMILES string of the molecule is COC(=O)c1ccccc1COc1cc(C)c2nc(C)n(Cc3ncc(C(F)(F)F)cc3Cl)c2c1. The molecule has 0 bridgehead atoms. The van der Waals surface area contributed by atoms with E-state index in [2.05, 4.69) is 9.97 Å². The molecule has 2 aromatic carbocycles. The van der Waals surface area contributed by atoms with E-state index in [4.69, 9.17) is 21.1 Å². The van der Waals surface area contributed by atoms with Crippen LogP contribution in [0.25, 0.3) is 11.0 Å². The molecule has 0 aliphatic carbocycles. The third-order valence-electron chi connectivity index (χ3n) is 5.58. The summed E-state index contributed by atoms with van der Waals surface area (Å²) in [5.41, 5.74) is 2.77. The molecule has 0 aliphatic heterocycles. The maximum atomic E-state index is 13.0. The maximum absolute atomic E-state index is 13.0. The summed E-state index contributed by atoms with van der Waals surface area (Å²) in [5.74, 6) is 0.738. The topological polar surface area (TPSA) is 66.2 Å². The van der Waals surface area contributed by atoms with Crippen molar-refractivity contribution in [3.8, 4) is 5.75 Å². The van der Waals surface area contributed by atoms with Gasteiger partial charge in [-0.15, -0.1) is 0 Å². The molecule has 0 atom stereocenters. The van der Waals surface area contributed by atoms with E-state index in [1.165, 1.54) is 7.11 Å². The molecule has 2 aromatic heterocycles. The summed E-state index contributed by atoms with van der Waals surface area (Å²) in [6.45, 7) is 3.95. The molecule has 2 heterocycles. The fraction of sp³-hybridized carbons (Fsp3) is 0.240. The highest BCUT2D eigenvalue weighted by Crippen LogP contribution is 2.32. The Morgan fingerprint density at radius 2 is 1.89 bits per heavy atom. The monoisotopic (exact) mass is 503 g/mol. The average Bonchev–Trinajstić information content (AvgIpc) is 3.13.